The van der Waals surface area contributed by atoms with Gasteiger partial charge in [0.05, 0.1) is 0 Å². The maximum Gasteiger partial charge on any atom is 0.265 e. The maximum absolute atomic E-state index is 12.7. The normalized spacial score (nSPS) is 12.0. The van der Waals surface area contributed by atoms with Gasteiger partial charge in [0.1, 0.15) is 21.1 Å². The maximum atomic E-state index is 12.7. The number of ether oxygens (including phenoxy) is 1. The van der Waals surface area contributed by atoms with Crippen molar-refractivity contribution in [2.24, 2.45) is 0 Å². The van der Waals surface area contributed by atoms with Crippen molar-refractivity contribution < 1.29 is 9.53 Å². The molecule has 29 heavy (non-hydrogen) atoms. The molecule has 4 rings (SSSR count). The number of fused-ring (bicyclic) bond motifs is 1. The van der Waals surface area contributed by atoms with E-state index in [0.717, 1.165) is 37.7 Å². The van der Waals surface area contributed by atoms with Gasteiger partial charge in [-0.05, 0) is 62.2 Å². The number of hydrogen-bond acceptors (Lipinski definition) is 5. The number of carbonyl (C=O) groups excluding carboxylic acids is 1. The molecule has 0 saturated heterocycles. The summed E-state index contributed by atoms with van der Waals surface area (Å²) in [6, 6.07) is 17.3. The topological polar surface area (TPSA) is 64.1 Å². The molecule has 0 spiro atoms. The van der Waals surface area contributed by atoms with E-state index in [2.05, 4.69) is 15.3 Å². The number of benzene rings is 2. The van der Waals surface area contributed by atoms with E-state index in [0.29, 0.717) is 5.75 Å². The van der Waals surface area contributed by atoms with E-state index in [9.17, 15) is 4.79 Å². The predicted molar refractivity (Wildman–Crippen MR) is 117 cm³/mol. The Hall–Kier alpha value is -3.25. The molecule has 146 valence electrons. The number of rotatable bonds is 5. The molecular formula is C23H21N3O2S. The summed E-state index contributed by atoms with van der Waals surface area (Å²) < 4.78 is 5.79. The molecule has 0 bridgehead atoms. The van der Waals surface area contributed by atoms with Gasteiger partial charge in [-0.1, -0.05) is 35.6 Å². The van der Waals surface area contributed by atoms with Gasteiger partial charge in [0.2, 0.25) is 0 Å². The van der Waals surface area contributed by atoms with Gasteiger partial charge in [0, 0.05) is 17.4 Å². The SMILES string of the molecule is Cc1cccc(OC(C)C(=O)Nc2cccc(-c3nc4cccnc4s3)c2C)c1. The molecule has 2 heterocycles. The number of thiazole rings is 1. The Kier molecular flexibility index (Phi) is 5.27. The lowest BCUT2D eigenvalue weighted by Gasteiger charge is -2.17. The number of anilines is 1. The van der Waals surface area contributed by atoms with Gasteiger partial charge in [-0.3, -0.25) is 4.79 Å². The molecule has 1 unspecified atom stereocenters. The van der Waals surface area contributed by atoms with Crippen molar-refractivity contribution in [1.29, 1.82) is 0 Å². The average molecular weight is 404 g/mol. The average Bonchev–Trinajstić information content (AvgIpc) is 3.13. The third-order valence-corrected chi connectivity index (χ3v) is 5.67. The highest BCUT2D eigenvalue weighted by Gasteiger charge is 2.18. The van der Waals surface area contributed by atoms with Crippen molar-refractivity contribution in [3.63, 3.8) is 0 Å². The number of carbonyl (C=O) groups is 1. The second kappa shape index (κ2) is 8.01. The molecule has 0 fully saturated rings. The van der Waals surface area contributed by atoms with Crippen LogP contribution in [0.2, 0.25) is 0 Å². The van der Waals surface area contributed by atoms with Crippen molar-refractivity contribution in [2.75, 3.05) is 5.32 Å². The van der Waals surface area contributed by atoms with Gasteiger partial charge in [-0.15, -0.1) is 0 Å². The fourth-order valence-corrected chi connectivity index (χ4v) is 4.06. The summed E-state index contributed by atoms with van der Waals surface area (Å²) in [5, 5.41) is 3.87. The highest BCUT2D eigenvalue weighted by molar-refractivity contribution is 7.21. The van der Waals surface area contributed by atoms with Crippen LogP contribution in [0.25, 0.3) is 20.9 Å². The molecule has 2 aromatic heterocycles. The number of nitrogens with one attached hydrogen (secondary N) is 1. The predicted octanol–water partition coefficient (Wildman–Crippen LogP) is 5.38. The summed E-state index contributed by atoms with van der Waals surface area (Å²) in [6.45, 7) is 5.72. The summed E-state index contributed by atoms with van der Waals surface area (Å²) in [7, 11) is 0. The molecule has 5 nitrogen and oxygen atoms in total. The van der Waals surface area contributed by atoms with E-state index in [1.807, 2.05) is 68.4 Å². The highest BCUT2D eigenvalue weighted by atomic mass is 32.1. The van der Waals surface area contributed by atoms with Crippen molar-refractivity contribution in [1.82, 2.24) is 9.97 Å². The lowest BCUT2D eigenvalue weighted by Crippen LogP contribution is -2.30. The zero-order valence-corrected chi connectivity index (χ0v) is 17.3. The number of nitrogens with zero attached hydrogens (tertiary/aromatic N) is 2. The third kappa shape index (κ3) is 4.12. The van der Waals surface area contributed by atoms with Crippen molar-refractivity contribution >= 4 is 33.3 Å². The smallest absolute Gasteiger partial charge is 0.265 e. The zero-order chi connectivity index (χ0) is 20.4. The first-order chi connectivity index (χ1) is 14.0. The lowest BCUT2D eigenvalue weighted by molar-refractivity contribution is -0.122. The van der Waals surface area contributed by atoms with Crippen LogP contribution in [-0.2, 0) is 4.79 Å². The minimum atomic E-state index is -0.619. The van der Waals surface area contributed by atoms with Crippen LogP contribution < -0.4 is 10.1 Å². The summed E-state index contributed by atoms with van der Waals surface area (Å²) in [5.41, 5.74) is 4.66. The molecule has 0 saturated carbocycles. The molecule has 0 aliphatic carbocycles. The number of pyridine rings is 1. The zero-order valence-electron chi connectivity index (χ0n) is 16.5. The number of hydrogen-bond donors (Lipinski definition) is 1. The second-order valence-corrected chi connectivity index (χ2v) is 7.87. The largest absolute Gasteiger partial charge is 0.481 e. The quantitative estimate of drug-likeness (QED) is 0.486. The summed E-state index contributed by atoms with van der Waals surface area (Å²) in [5.74, 6) is 0.484. The molecule has 1 N–H and O–H groups in total. The molecule has 2 aromatic carbocycles. The fourth-order valence-electron chi connectivity index (χ4n) is 3.07. The Morgan fingerprint density at radius 3 is 2.72 bits per heavy atom. The summed E-state index contributed by atoms with van der Waals surface area (Å²) in [6.07, 6.45) is 1.15. The van der Waals surface area contributed by atoms with Crippen LogP contribution in [-0.4, -0.2) is 22.0 Å². The van der Waals surface area contributed by atoms with Gasteiger partial charge in [-0.2, -0.15) is 0 Å². The van der Waals surface area contributed by atoms with Crippen LogP contribution in [0.4, 0.5) is 5.69 Å². The number of aromatic nitrogens is 2. The lowest BCUT2D eigenvalue weighted by atomic mass is 10.1. The van der Waals surface area contributed by atoms with Crippen LogP contribution in [0.3, 0.4) is 0 Å². The Morgan fingerprint density at radius 2 is 1.93 bits per heavy atom. The highest BCUT2D eigenvalue weighted by Crippen LogP contribution is 2.33. The Morgan fingerprint density at radius 1 is 1.10 bits per heavy atom. The minimum absolute atomic E-state index is 0.197. The standard InChI is InChI=1S/C23H21N3O2S/c1-14-7-4-8-17(13-14)28-16(3)21(27)25-19-10-5-9-18(15(19)2)22-26-20-11-6-12-24-23(20)29-22/h4-13,16H,1-3H3,(H,25,27). The molecule has 0 aliphatic rings. The Labute approximate surface area is 173 Å². The molecule has 0 aliphatic heterocycles. The van der Waals surface area contributed by atoms with Crippen LogP contribution in [0, 0.1) is 13.8 Å². The van der Waals surface area contributed by atoms with Crippen molar-refractivity contribution in [3.8, 4) is 16.3 Å². The summed E-state index contributed by atoms with van der Waals surface area (Å²) in [4.78, 5) is 22.6. The number of aryl methyl sites for hydroxylation is 1. The Bertz CT molecular complexity index is 1150. The van der Waals surface area contributed by atoms with Crippen LogP contribution in [0.15, 0.2) is 60.8 Å². The van der Waals surface area contributed by atoms with Gasteiger partial charge in [-0.25, -0.2) is 9.97 Å². The van der Waals surface area contributed by atoms with E-state index in [4.69, 9.17) is 4.74 Å². The minimum Gasteiger partial charge on any atom is -0.481 e. The third-order valence-electron chi connectivity index (χ3n) is 4.66. The van der Waals surface area contributed by atoms with E-state index in [1.165, 1.54) is 0 Å². The molecule has 4 aromatic rings. The first-order valence-electron chi connectivity index (χ1n) is 9.37. The summed E-state index contributed by atoms with van der Waals surface area (Å²) >= 11 is 1.54. The van der Waals surface area contributed by atoms with E-state index >= 15 is 0 Å². The number of amides is 1. The first kappa shape index (κ1) is 19.1. The van der Waals surface area contributed by atoms with Gasteiger partial charge < -0.3 is 10.1 Å². The molecule has 6 heteroatoms. The second-order valence-electron chi connectivity index (χ2n) is 6.89. The van der Waals surface area contributed by atoms with E-state index in [1.54, 1.807) is 24.5 Å². The Balaban J connectivity index is 1.54. The molecule has 1 atom stereocenters. The molecule has 0 radical (unpaired) electrons. The first-order valence-corrected chi connectivity index (χ1v) is 10.2. The van der Waals surface area contributed by atoms with Gasteiger partial charge >= 0.3 is 0 Å². The van der Waals surface area contributed by atoms with Crippen molar-refractivity contribution in [2.45, 2.75) is 26.9 Å². The van der Waals surface area contributed by atoms with Crippen LogP contribution in [0.1, 0.15) is 18.1 Å². The van der Waals surface area contributed by atoms with Gasteiger partial charge in [0.25, 0.3) is 5.91 Å². The van der Waals surface area contributed by atoms with Gasteiger partial charge in [0.15, 0.2) is 6.10 Å². The monoisotopic (exact) mass is 403 g/mol. The molecular weight excluding hydrogens is 382 g/mol. The van der Waals surface area contributed by atoms with Crippen LogP contribution >= 0.6 is 11.3 Å². The van der Waals surface area contributed by atoms with E-state index < -0.39 is 6.10 Å². The van der Waals surface area contributed by atoms with Crippen LogP contribution in [0.5, 0.6) is 5.75 Å². The van der Waals surface area contributed by atoms with E-state index in [-0.39, 0.29) is 5.91 Å². The molecule has 1 amide bonds. The van der Waals surface area contributed by atoms with Crippen molar-refractivity contribution in [3.05, 3.63) is 71.9 Å². The fraction of sp³-hybridized carbons (Fsp3) is 0.174.